The Morgan fingerprint density at radius 1 is 1.36 bits per heavy atom. The Bertz CT molecular complexity index is 745. The van der Waals surface area contributed by atoms with Gasteiger partial charge in [-0.25, -0.2) is 12.8 Å². The lowest BCUT2D eigenvalue weighted by Crippen LogP contribution is -3.18. The summed E-state index contributed by atoms with van der Waals surface area (Å²) in [6.07, 6.45) is 0.880. The van der Waals surface area contributed by atoms with Crippen LogP contribution in [0.2, 0.25) is 0 Å². The molecule has 0 spiro atoms. The minimum absolute atomic E-state index is 0.0253. The maximum Gasteiger partial charge on any atom is 0.227 e. The summed E-state index contributed by atoms with van der Waals surface area (Å²) in [4.78, 5) is 15.5. The van der Waals surface area contributed by atoms with Crippen LogP contribution in [-0.2, 0) is 21.1 Å². The molecule has 2 saturated heterocycles. The summed E-state index contributed by atoms with van der Waals surface area (Å²) in [6, 6.07) is 4.73. The molecule has 0 bridgehead atoms. The molecule has 2 aliphatic rings. The SMILES string of the molecule is COc1ccc(CC(=O)N2CC[NH+]([C@@H]3CCS(=O)(=O)C3)CC2)cc1F. The highest BCUT2D eigenvalue weighted by molar-refractivity contribution is 7.91. The smallest absolute Gasteiger partial charge is 0.227 e. The first-order valence-electron chi connectivity index (χ1n) is 8.53. The molecule has 3 rings (SSSR count). The van der Waals surface area contributed by atoms with Crippen molar-refractivity contribution in [1.82, 2.24) is 4.90 Å². The summed E-state index contributed by atoms with van der Waals surface area (Å²) in [5, 5.41) is 0. The molecule has 0 unspecified atom stereocenters. The molecule has 0 radical (unpaired) electrons. The Kier molecular flexibility index (Phi) is 5.29. The molecule has 25 heavy (non-hydrogen) atoms. The number of quaternary nitrogens is 1. The average Bonchev–Trinajstić information content (AvgIpc) is 2.95. The summed E-state index contributed by atoms with van der Waals surface area (Å²) in [5.74, 6) is 0.223. The van der Waals surface area contributed by atoms with Crippen molar-refractivity contribution in [2.75, 3.05) is 44.8 Å². The molecule has 1 aromatic rings. The van der Waals surface area contributed by atoms with Gasteiger partial charge in [0.05, 0.1) is 45.5 Å². The lowest BCUT2D eigenvalue weighted by molar-refractivity contribution is -0.925. The number of carbonyl (C=O) groups excluding carboxylic acids is 1. The van der Waals surface area contributed by atoms with E-state index in [4.69, 9.17) is 4.74 Å². The molecule has 0 aliphatic carbocycles. The number of piperazine rings is 1. The van der Waals surface area contributed by atoms with Crippen molar-refractivity contribution in [2.45, 2.75) is 18.9 Å². The first-order valence-corrected chi connectivity index (χ1v) is 10.4. The van der Waals surface area contributed by atoms with E-state index in [1.807, 2.05) is 0 Å². The van der Waals surface area contributed by atoms with Gasteiger partial charge in [-0.1, -0.05) is 6.07 Å². The fourth-order valence-electron chi connectivity index (χ4n) is 3.67. The van der Waals surface area contributed by atoms with E-state index in [1.165, 1.54) is 24.1 Å². The summed E-state index contributed by atoms with van der Waals surface area (Å²) >= 11 is 0. The van der Waals surface area contributed by atoms with Gasteiger partial charge in [-0.15, -0.1) is 0 Å². The van der Waals surface area contributed by atoms with Crippen molar-refractivity contribution in [3.63, 3.8) is 0 Å². The molecule has 0 aromatic heterocycles. The standard InChI is InChI=1S/C17H23FN2O4S/c1-24-16-3-2-13(10-15(16)18)11-17(21)20-7-5-19(6-8-20)14-4-9-25(22,23)12-14/h2-3,10,14H,4-9,11-12H2,1H3/p+1/t14-/m1/s1. The third-order valence-corrected chi connectivity index (χ3v) is 6.91. The number of hydrogen-bond acceptors (Lipinski definition) is 4. The van der Waals surface area contributed by atoms with Crippen molar-refractivity contribution in [3.05, 3.63) is 29.6 Å². The van der Waals surface area contributed by atoms with Gasteiger partial charge in [0.25, 0.3) is 0 Å². The maximum absolute atomic E-state index is 13.7. The van der Waals surface area contributed by atoms with Gasteiger partial charge in [0, 0.05) is 6.42 Å². The van der Waals surface area contributed by atoms with Crippen LogP contribution < -0.4 is 9.64 Å². The van der Waals surface area contributed by atoms with Crippen LogP contribution in [0.15, 0.2) is 18.2 Å². The molecular weight excluding hydrogens is 347 g/mol. The lowest BCUT2D eigenvalue weighted by atomic mass is 10.1. The second-order valence-corrected chi connectivity index (χ2v) is 9.01. The van der Waals surface area contributed by atoms with Gasteiger partial charge in [-0.3, -0.25) is 4.79 Å². The van der Waals surface area contributed by atoms with E-state index in [0.717, 1.165) is 19.5 Å². The molecule has 138 valence electrons. The maximum atomic E-state index is 13.7. The molecule has 2 aliphatic heterocycles. The molecule has 1 aromatic carbocycles. The zero-order valence-corrected chi connectivity index (χ0v) is 15.1. The van der Waals surface area contributed by atoms with Crippen molar-refractivity contribution < 1.29 is 27.2 Å². The number of ether oxygens (including phenoxy) is 1. The van der Waals surface area contributed by atoms with Crippen LogP contribution in [0, 0.1) is 5.82 Å². The predicted octanol–water partition coefficient (Wildman–Crippen LogP) is -0.709. The van der Waals surface area contributed by atoms with Crippen molar-refractivity contribution in [3.8, 4) is 5.75 Å². The van der Waals surface area contributed by atoms with Gasteiger partial charge in [0.1, 0.15) is 11.8 Å². The highest BCUT2D eigenvalue weighted by Gasteiger charge is 2.37. The Hall–Kier alpha value is -1.67. The summed E-state index contributed by atoms with van der Waals surface area (Å²) in [7, 11) is -1.47. The van der Waals surface area contributed by atoms with Crippen LogP contribution in [0.4, 0.5) is 4.39 Å². The quantitative estimate of drug-likeness (QED) is 0.759. The fraction of sp³-hybridized carbons (Fsp3) is 0.588. The zero-order valence-electron chi connectivity index (χ0n) is 14.3. The molecule has 2 heterocycles. The first kappa shape index (κ1) is 18.1. The number of carbonyl (C=O) groups is 1. The van der Waals surface area contributed by atoms with Crippen LogP contribution in [-0.4, -0.2) is 70.1 Å². The minimum atomic E-state index is -2.87. The largest absolute Gasteiger partial charge is 0.494 e. The minimum Gasteiger partial charge on any atom is -0.494 e. The number of halogens is 1. The van der Waals surface area contributed by atoms with Crippen LogP contribution in [0.1, 0.15) is 12.0 Å². The van der Waals surface area contributed by atoms with E-state index in [-0.39, 0.29) is 35.6 Å². The first-order chi connectivity index (χ1) is 11.9. The van der Waals surface area contributed by atoms with E-state index >= 15 is 0 Å². The predicted molar refractivity (Wildman–Crippen MR) is 91.0 cm³/mol. The van der Waals surface area contributed by atoms with Gasteiger partial charge in [-0.05, 0) is 17.7 Å². The van der Waals surface area contributed by atoms with E-state index in [2.05, 4.69) is 0 Å². The third kappa shape index (κ3) is 4.30. The molecule has 6 nitrogen and oxygen atoms in total. The van der Waals surface area contributed by atoms with Crippen molar-refractivity contribution in [2.24, 2.45) is 0 Å². The van der Waals surface area contributed by atoms with Crippen molar-refractivity contribution in [1.29, 1.82) is 0 Å². The normalized spacial score (nSPS) is 23.6. The number of methoxy groups -OCH3 is 1. The molecule has 1 atom stereocenters. The number of nitrogens with zero attached hydrogens (tertiary/aromatic N) is 1. The number of hydrogen-bond donors (Lipinski definition) is 1. The van der Waals surface area contributed by atoms with Crippen LogP contribution in [0.25, 0.3) is 0 Å². The number of nitrogens with one attached hydrogen (secondary N) is 1. The van der Waals surface area contributed by atoms with Gasteiger partial charge in [-0.2, -0.15) is 0 Å². The van der Waals surface area contributed by atoms with Gasteiger partial charge < -0.3 is 14.5 Å². The number of rotatable bonds is 4. The number of sulfone groups is 1. The molecule has 1 N–H and O–H groups in total. The van der Waals surface area contributed by atoms with Crippen LogP contribution >= 0.6 is 0 Å². The summed E-state index contributed by atoms with van der Waals surface area (Å²) in [6.45, 7) is 2.76. The zero-order chi connectivity index (χ0) is 18.0. The third-order valence-electron chi connectivity index (χ3n) is 5.14. The number of amides is 1. The number of benzene rings is 1. The second kappa shape index (κ2) is 7.29. The van der Waals surface area contributed by atoms with Gasteiger partial charge in [0.15, 0.2) is 21.4 Å². The molecule has 2 fully saturated rings. The van der Waals surface area contributed by atoms with E-state index < -0.39 is 15.7 Å². The second-order valence-electron chi connectivity index (χ2n) is 6.78. The Balaban J connectivity index is 1.52. The Morgan fingerprint density at radius 3 is 2.64 bits per heavy atom. The topological polar surface area (TPSA) is 68.1 Å². The van der Waals surface area contributed by atoms with E-state index in [9.17, 15) is 17.6 Å². The van der Waals surface area contributed by atoms with Gasteiger partial charge >= 0.3 is 0 Å². The average molecular weight is 371 g/mol. The molecule has 8 heteroatoms. The van der Waals surface area contributed by atoms with Crippen LogP contribution in [0.3, 0.4) is 0 Å². The van der Waals surface area contributed by atoms with E-state index in [1.54, 1.807) is 11.0 Å². The lowest BCUT2D eigenvalue weighted by Gasteiger charge is -2.35. The van der Waals surface area contributed by atoms with Gasteiger partial charge in [0.2, 0.25) is 5.91 Å². The fourth-order valence-corrected chi connectivity index (χ4v) is 5.50. The summed E-state index contributed by atoms with van der Waals surface area (Å²) < 4.78 is 41.8. The summed E-state index contributed by atoms with van der Waals surface area (Å²) in [5.41, 5.74) is 0.625. The molecule has 0 saturated carbocycles. The van der Waals surface area contributed by atoms with E-state index in [0.29, 0.717) is 18.7 Å². The van der Waals surface area contributed by atoms with Crippen LogP contribution in [0.5, 0.6) is 5.75 Å². The highest BCUT2D eigenvalue weighted by Crippen LogP contribution is 2.18. The highest BCUT2D eigenvalue weighted by atomic mass is 32.2. The monoisotopic (exact) mass is 371 g/mol. The Labute approximate surface area is 147 Å². The molecular formula is C17H24FN2O4S+. The van der Waals surface area contributed by atoms with Crippen molar-refractivity contribution >= 4 is 15.7 Å². The molecule has 1 amide bonds. The Morgan fingerprint density at radius 2 is 2.08 bits per heavy atom.